The highest BCUT2D eigenvalue weighted by Gasteiger charge is 2.45. The maximum atomic E-state index is 14.0. The number of carboxylic acid groups (broad SMARTS) is 1. The molecule has 2 aliphatic carbocycles. The van der Waals surface area contributed by atoms with Crippen LogP contribution in [0.4, 0.5) is 8.78 Å². The van der Waals surface area contributed by atoms with E-state index in [1.165, 1.54) is 25.0 Å². The van der Waals surface area contributed by atoms with Crippen molar-refractivity contribution in [2.45, 2.75) is 76.5 Å². The van der Waals surface area contributed by atoms with E-state index in [9.17, 15) is 18.7 Å². The summed E-state index contributed by atoms with van der Waals surface area (Å²) in [4.78, 5) is 11.3. The first-order valence-corrected chi connectivity index (χ1v) is 10.1. The van der Waals surface area contributed by atoms with Crippen molar-refractivity contribution in [1.29, 1.82) is 0 Å². The number of carboxylic acids is 1. The van der Waals surface area contributed by atoms with Crippen LogP contribution < -0.4 is 0 Å². The Balaban J connectivity index is 1.85. The Hall–Kier alpha value is -1.45. The molecule has 1 aromatic carbocycles. The normalized spacial score (nSPS) is 32.3. The third kappa shape index (κ3) is 3.79. The summed E-state index contributed by atoms with van der Waals surface area (Å²) >= 11 is 0. The molecule has 1 aromatic rings. The van der Waals surface area contributed by atoms with E-state index in [0.29, 0.717) is 18.8 Å². The van der Waals surface area contributed by atoms with E-state index in [4.69, 9.17) is 0 Å². The van der Waals surface area contributed by atoms with E-state index in [1.807, 2.05) is 0 Å². The summed E-state index contributed by atoms with van der Waals surface area (Å²) in [5.74, 6) is -1.41. The molecule has 0 amide bonds. The van der Waals surface area contributed by atoms with Crippen molar-refractivity contribution in [2.24, 2.45) is 17.8 Å². The van der Waals surface area contributed by atoms with E-state index < -0.39 is 17.6 Å². The van der Waals surface area contributed by atoms with Crippen LogP contribution in [0.15, 0.2) is 18.2 Å². The van der Waals surface area contributed by atoms with Crippen LogP contribution in [0.25, 0.3) is 0 Å². The average Bonchev–Trinajstić information content (AvgIpc) is 2.65. The van der Waals surface area contributed by atoms with E-state index in [2.05, 4.69) is 6.92 Å². The van der Waals surface area contributed by atoms with Crippen molar-refractivity contribution in [3.05, 3.63) is 35.4 Å². The molecule has 1 N–H and O–H groups in total. The van der Waals surface area contributed by atoms with E-state index in [0.717, 1.165) is 50.0 Å². The van der Waals surface area contributed by atoms with Crippen molar-refractivity contribution >= 4 is 5.97 Å². The SMILES string of the molecule is CCCC1CCC(c2ccc(F)c(F)c2)(C2CCC(C(=O)O)CC2)CC1. The molecule has 0 radical (unpaired) electrons. The Bertz CT molecular complexity index is 627. The molecule has 2 saturated carbocycles. The zero-order valence-electron chi connectivity index (χ0n) is 15.6. The number of benzene rings is 1. The lowest BCUT2D eigenvalue weighted by molar-refractivity contribution is -0.143. The summed E-state index contributed by atoms with van der Waals surface area (Å²) in [5.41, 5.74) is 0.799. The first kappa shape index (κ1) is 19.3. The molecule has 2 aliphatic rings. The largest absolute Gasteiger partial charge is 0.481 e. The molecule has 0 aliphatic heterocycles. The zero-order valence-corrected chi connectivity index (χ0v) is 15.6. The molecule has 0 aromatic heterocycles. The molecule has 2 nitrogen and oxygen atoms in total. The Labute approximate surface area is 155 Å². The van der Waals surface area contributed by atoms with Crippen LogP contribution in [-0.2, 0) is 10.2 Å². The molecule has 3 rings (SSSR count). The van der Waals surface area contributed by atoms with Gasteiger partial charge in [-0.25, -0.2) is 8.78 Å². The maximum absolute atomic E-state index is 14.0. The highest BCUT2D eigenvalue weighted by atomic mass is 19.2. The van der Waals surface area contributed by atoms with Crippen LogP contribution in [-0.4, -0.2) is 11.1 Å². The first-order valence-electron chi connectivity index (χ1n) is 10.1. The lowest BCUT2D eigenvalue weighted by atomic mass is 9.56. The van der Waals surface area contributed by atoms with Crippen LogP contribution in [0, 0.1) is 29.4 Å². The fourth-order valence-electron chi connectivity index (χ4n) is 5.52. The molecule has 26 heavy (non-hydrogen) atoms. The average molecular weight is 364 g/mol. The van der Waals surface area contributed by atoms with Gasteiger partial charge in [-0.15, -0.1) is 0 Å². The van der Waals surface area contributed by atoms with E-state index in [1.54, 1.807) is 6.07 Å². The molecule has 144 valence electrons. The Morgan fingerprint density at radius 1 is 1.08 bits per heavy atom. The van der Waals surface area contributed by atoms with Crippen molar-refractivity contribution in [3.63, 3.8) is 0 Å². The minimum atomic E-state index is -0.793. The molecule has 2 fully saturated rings. The van der Waals surface area contributed by atoms with Gasteiger partial charge in [0.25, 0.3) is 0 Å². The lowest BCUT2D eigenvalue weighted by Gasteiger charge is -2.48. The van der Waals surface area contributed by atoms with Gasteiger partial charge in [0.05, 0.1) is 5.92 Å². The summed E-state index contributed by atoms with van der Waals surface area (Å²) in [6.07, 6.45) is 9.83. The fourth-order valence-corrected chi connectivity index (χ4v) is 5.52. The third-order valence-electron chi connectivity index (χ3n) is 7.05. The van der Waals surface area contributed by atoms with Gasteiger partial charge in [-0.3, -0.25) is 4.79 Å². The predicted molar refractivity (Wildman–Crippen MR) is 98.0 cm³/mol. The quantitative estimate of drug-likeness (QED) is 0.687. The number of aliphatic carboxylic acids is 1. The maximum Gasteiger partial charge on any atom is 0.306 e. The summed E-state index contributed by atoms with van der Waals surface area (Å²) in [6, 6.07) is 4.42. The number of hydrogen-bond donors (Lipinski definition) is 1. The Morgan fingerprint density at radius 2 is 1.73 bits per heavy atom. The molecule has 0 saturated heterocycles. The van der Waals surface area contributed by atoms with Gasteiger partial charge in [0, 0.05) is 0 Å². The monoisotopic (exact) mass is 364 g/mol. The minimum absolute atomic E-state index is 0.123. The molecule has 0 unspecified atom stereocenters. The number of rotatable bonds is 5. The van der Waals surface area contributed by atoms with Crippen molar-refractivity contribution in [1.82, 2.24) is 0 Å². The van der Waals surface area contributed by atoms with Gasteiger partial charge >= 0.3 is 5.97 Å². The second kappa shape index (κ2) is 8.06. The second-order valence-electron chi connectivity index (χ2n) is 8.40. The highest BCUT2D eigenvalue weighted by Crippen LogP contribution is 2.52. The summed E-state index contributed by atoms with van der Waals surface area (Å²) in [6.45, 7) is 2.21. The van der Waals surface area contributed by atoms with Crippen LogP contribution in [0.1, 0.15) is 76.7 Å². The van der Waals surface area contributed by atoms with Crippen molar-refractivity contribution < 1.29 is 18.7 Å². The van der Waals surface area contributed by atoms with Gasteiger partial charge in [-0.2, -0.15) is 0 Å². The number of halogens is 2. The van der Waals surface area contributed by atoms with E-state index in [-0.39, 0.29) is 11.3 Å². The number of hydrogen-bond acceptors (Lipinski definition) is 1. The predicted octanol–water partition coefficient (Wildman–Crippen LogP) is 6.08. The molecular weight excluding hydrogens is 334 g/mol. The summed E-state index contributed by atoms with van der Waals surface area (Å²) < 4.78 is 27.5. The minimum Gasteiger partial charge on any atom is -0.481 e. The lowest BCUT2D eigenvalue weighted by Crippen LogP contribution is -2.41. The number of carbonyl (C=O) groups is 1. The van der Waals surface area contributed by atoms with Crippen molar-refractivity contribution in [3.8, 4) is 0 Å². The van der Waals surface area contributed by atoms with Crippen LogP contribution in [0.2, 0.25) is 0 Å². The molecule has 0 bridgehead atoms. The first-order chi connectivity index (χ1) is 12.5. The molecular formula is C22H30F2O2. The Morgan fingerprint density at radius 3 is 2.27 bits per heavy atom. The summed E-state index contributed by atoms with van der Waals surface area (Å²) in [5, 5.41) is 9.29. The standard InChI is InChI=1S/C22H30F2O2/c1-2-3-15-10-12-22(13-11-15,18-8-9-19(23)20(24)14-18)17-6-4-16(5-7-17)21(25)26/h8-9,14-17H,2-7,10-13H2,1H3,(H,25,26). The smallest absolute Gasteiger partial charge is 0.306 e. The molecule has 4 heteroatoms. The molecule has 0 atom stereocenters. The van der Waals surface area contributed by atoms with Gasteiger partial charge < -0.3 is 5.11 Å². The molecule has 0 heterocycles. The fraction of sp³-hybridized carbons (Fsp3) is 0.682. The topological polar surface area (TPSA) is 37.3 Å². The van der Waals surface area contributed by atoms with Gasteiger partial charge in [-0.05, 0) is 86.3 Å². The highest BCUT2D eigenvalue weighted by molar-refractivity contribution is 5.70. The summed E-state index contributed by atoms with van der Waals surface area (Å²) in [7, 11) is 0. The van der Waals surface area contributed by atoms with Crippen LogP contribution in [0.3, 0.4) is 0 Å². The van der Waals surface area contributed by atoms with Gasteiger partial charge in [0.1, 0.15) is 0 Å². The molecule has 0 spiro atoms. The van der Waals surface area contributed by atoms with Gasteiger partial charge in [0.15, 0.2) is 11.6 Å². The van der Waals surface area contributed by atoms with Gasteiger partial charge in [-0.1, -0.05) is 25.8 Å². The zero-order chi connectivity index (χ0) is 18.7. The van der Waals surface area contributed by atoms with E-state index >= 15 is 0 Å². The van der Waals surface area contributed by atoms with Crippen LogP contribution >= 0.6 is 0 Å². The van der Waals surface area contributed by atoms with Gasteiger partial charge in [0.2, 0.25) is 0 Å². The van der Waals surface area contributed by atoms with Crippen LogP contribution in [0.5, 0.6) is 0 Å². The Kier molecular flexibility index (Phi) is 5.99. The third-order valence-corrected chi connectivity index (χ3v) is 7.05. The second-order valence-corrected chi connectivity index (χ2v) is 8.40. The van der Waals surface area contributed by atoms with Crippen molar-refractivity contribution in [2.75, 3.05) is 0 Å².